The molecule has 1 aliphatic heterocycles. The number of rotatable bonds is 3. The summed E-state index contributed by atoms with van der Waals surface area (Å²) in [7, 11) is 1.26. The van der Waals surface area contributed by atoms with Crippen molar-refractivity contribution in [2.75, 3.05) is 37.4 Å². The fourth-order valence-electron chi connectivity index (χ4n) is 2.88. The van der Waals surface area contributed by atoms with Crippen LogP contribution in [0, 0.1) is 11.3 Å². The van der Waals surface area contributed by atoms with Gasteiger partial charge in [-0.25, -0.2) is 4.79 Å². The Labute approximate surface area is 144 Å². The van der Waals surface area contributed by atoms with E-state index in [1.165, 1.54) is 13.3 Å². The van der Waals surface area contributed by atoms with Gasteiger partial charge >= 0.3 is 5.97 Å². The number of benzene rings is 1. The van der Waals surface area contributed by atoms with E-state index >= 15 is 0 Å². The summed E-state index contributed by atoms with van der Waals surface area (Å²) in [5.74, 6) is -0.704. The van der Waals surface area contributed by atoms with Gasteiger partial charge in [0, 0.05) is 19.3 Å². The van der Waals surface area contributed by atoms with Crippen molar-refractivity contribution in [3.8, 4) is 11.8 Å². The van der Waals surface area contributed by atoms with Crippen LogP contribution in [0.15, 0.2) is 30.5 Å². The molecule has 1 saturated heterocycles. The summed E-state index contributed by atoms with van der Waals surface area (Å²) < 4.78 is 6.36. The minimum Gasteiger partial charge on any atom is -0.464 e. The smallest absolute Gasteiger partial charge is 0.357 e. The van der Waals surface area contributed by atoms with Gasteiger partial charge in [-0.05, 0) is 12.1 Å². The highest BCUT2D eigenvalue weighted by atomic mass is 16.5. The molecule has 1 fully saturated rings. The van der Waals surface area contributed by atoms with Gasteiger partial charge < -0.3 is 25.3 Å². The number of nitrogens with one attached hydrogen (secondary N) is 1. The van der Waals surface area contributed by atoms with Crippen LogP contribution < -0.4 is 16.0 Å². The maximum Gasteiger partial charge on any atom is 0.357 e. The second-order valence-corrected chi connectivity index (χ2v) is 5.54. The molecule has 3 N–H and O–H groups in total. The molecule has 3 rings (SSSR count). The highest BCUT2D eigenvalue weighted by molar-refractivity contribution is 5.96. The summed E-state index contributed by atoms with van der Waals surface area (Å²) in [5.41, 5.74) is 7.71. The summed E-state index contributed by atoms with van der Waals surface area (Å²) in [4.78, 5) is 25.8. The molecule has 1 aromatic carbocycles. The Morgan fingerprint density at radius 1 is 1.36 bits per heavy atom. The maximum absolute atomic E-state index is 12.2. The summed E-state index contributed by atoms with van der Waals surface area (Å²) in [6.45, 7) is 1.39. The third-order valence-electron chi connectivity index (χ3n) is 4.06. The lowest BCUT2D eigenvalue weighted by Crippen LogP contribution is -2.48. The molecule has 0 saturated carbocycles. The van der Waals surface area contributed by atoms with Crippen LogP contribution in [-0.2, 0) is 9.53 Å². The first-order valence-electron chi connectivity index (χ1n) is 7.67. The van der Waals surface area contributed by atoms with E-state index in [1.807, 2.05) is 29.2 Å². The van der Waals surface area contributed by atoms with E-state index in [-0.39, 0.29) is 29.4 Å². The van der Waals surface area contributed by atoms with E-state index in [4.69, 9.17) is 10.5 Å². The third kappa shape index (κ3) is 2.87. The van der Waals surface area contributed by atoms with E-state index in [1.54, 1.807) is 10.6 Å². The molecular formula is C17H17N5O3. The van der Waals surface area contributed by atoms with E-state index < -0.39 is 5.97 Å². The SMILES string of the molecule is COC(=O)c1c(N)c(C#N)cn1-c1ccccc1N1CCNC(=O)C1. The van der Waals surface area contributed by atoms with Gasteiger partial charge in [0.1, 0.15) is 6.07 Å². The van der Waals surface area contributed by atoms with Crippen molar-refractivity contribution in [3.63, 3.8) is 0 Å². The topological polar surface area (TPSA) is 113 Å². The standard InChI is InChI=1S/C17H17N5O3/c1-25-17(24)16-15(19)11(8-18)9-22(16)13-5-3-2-4-12(13)21-7-6-20-14(23)10-21/h2-5,9H,6-7,10,19H2,1H3,(H,20,23). The Balaban J connectivity index is 2.16. The van der Waals surface area contributed by atoms with Crippen LogP contribution in [0.3, 0.4) is 0 Å². The molecule has 1 aliphatic rings. The number of ether oxygens (including phenoxy) is 1. The van der Waals surface area contributed by atoms with Crippen LogP contribution in [0.5, 0.6) is 0 Å². The Kier molecular flexibility index (Phi) is 4.31. The van der Waals surface area contributed by atoms with Gasteiger partial charge in [-0.15, -0.1) is 0 Å². The Hall–Kier alpha value is -3.47. The molecule has 8 heteroatoms. The number of para-hydroxylation sites is 2. The first-order chi connectivity index (χ1) is 12.1. The number of nitrogen functional groups attached to an aromatic ring is 1. The molecule has 128 valence electrons. The van der Waals surface area contributed by atoms with Crippen LogP contribution in [0.25, 0.3) is 5.69 Å². The molecule has 25 heavy (non-hydrogen) atoms. The largest absolute Gasteiger partial charge is 0.464 e. The van der Waals surface area contributed by atoms with Crippen molar-refractivity contribution in [1.82, 2.24) is 9.88 Å². The van der Waals surface area contributed by atoms with Crippen molar-refractivity contribution in [2.45, 2.75) is 0 Å². The van der Waals surface area contributed by atoms with Gasteiger partial charge in [0.05, 0.1) is 36.3 Å². The first-order valence-corrected chi connectivity index (χ1v) is 7.67. The predicted molar refractivity (Wildman–Crippen MR) is 91.5 cm³/mol. The lowest BCUT2D eigenvalue weighted by molar-refractivity contribution is -0.120. The molecule has 2 heterocycles. The zero-order valence-electron chi connectivity index (χ0n) is 13.7. The second kappa shape index (κ2) is 6.57. The molecule has 0 spiro atoms. The van der Waals surface area contributed by atoms with Crippen molar-refractivity contribution in [3.05, 3.63) is 41.7 Å². The second-order valence-electron chi connectivity index (χ2n) is 5.54. The number of anilines is 2. The van der Waals surface area contributed by atoms with Crippen molar-refractivity contribution < 1.29 is 14.3 Å². The summed E-state index contributed by atoms with van der Waals surface area (Å²) in [5, 5.41) is 12.0. The van der Waals surface area contributed by atoms with E-state index in [9.17, 15) is 14.9 Å². The van der Waals surface area contributed by atoms with Crippen molar-refractivity contribution in [1.29, 1.82) is 5.26 Å². The van der Waals surface area contributed by atoms with E-state index in [0.717, 1.165) is 5.69 Å². The third-order valence-corrected chi connectivity index (χ3v) is 4.06. The minimum atomic E-state index is -0.634. The number of amides is 1. The summed E-state index contributed by atoms with van der Waals surface area (Å²) >= 11 is 0. The highest BCUT2D eigenvalue weighted by Gasteiger charge is 2.25. The minimum absolute atomic E-state index is 0.0699. The Morgan fingerprint density at radius 2 is 2.08 bits per heavy atom. The number of nitriles is 1. The molecular weight excluding hydrogens is 322 g/mol. The molecule has 1 aromatic heterocycles. The van der Waals surface area contributed by atoms with Crippen molar-refractivity contribution in [2.24, 2.45) is 0 Å². The Morgan fingerprint density at radius 3 is 2.72 bits per heavy atom. The molecule has 1 amide bonds. The van der Waals surface area contributed by atoms with E-state index in [0.29, 0.717) is 18.8 Å². The normalized spacial score (nSPS) is 13.9. The number of hydrogen-bond acceptors (Lipinski definition) is 6. The zero-order chi connectivity index (χ0) is 18.0. The van der Waals surface area contributed by atoms with Crippen LogP contribution in [0.2, 0.25) is 0 Å². The highest BCUT2D eigenvalue weighted by Crippen LogP contribution is 2.30. The number of hydrogen-bond donors (Lipinski definition) is 2. The van der Waals surface area contributed by atoms with Gasteiger partial charge in [0.2, 0.25) is 5.91 Å². The maximum atomic E-state index is 12.2. The number of carbonyl (C=O) groups excluding carboxylic acids is 2. The van der Waals surface area contributed by atoms with Gasteiger partial charge in [-0.1, -0.05) is 12.1 Å². The van der Waals surface area contributed by atoms with Crippen LogP contribution in [-0.4, -0.2) is 43.2 Å². The van der Waals surface area contributed by atoms with Gasteiger partial charge in [0.25, 0.3) is 0 Å². The number of esters is 1. The predicted octanol–water partition coefficient (Wildman–Crippen LogP) is 0.654. The molecule has 0 atom stereocenters. The number of nitrogens with two attached hydrogens (primary N) is 1. The monoisotopic (exact) mass is 339 g/mol. The first kappa shape index (κ1) is 16.4. The summed E-state index contributed by atoms with van der Waals surface area (Å²) in [6, 6.07) is 9.30. The van der Waals surface area contributed by atoms with Crippen LogP contribution in [0.1, 0.15) is 16.1 Å². The molecule has 0 radical (unpaired) electrons. The van der Waals surface area contributed by atoms with Crippen LogP contribution in [0.4, 0.5) is 11.4 Å². The molecule has 8 nitrogen and oxygen atoms in total. The molecule has 0 bridgehead atoms. The molecule has 0 unspecified atom stereocenters. The van der Waals surface area contributed by atoms with Gasteiger partial charge in [0.15, 0.2) is 5.69 Å². The number of carbonyl (C=O) groups is 2. The summed E-state index contributed by atoms with van der Waals surface area (Å²) in [6.07, 6.45) is 1.50. The Bertz CT molecular complexity index is 881. The van der Waals surface area contributed by atoms with Gasteiger partial charge in [-0.3, -0.25) is 4.79 Å². The van der Waals surface area contributed by atoms with Crippen LogP contribution >= 0.6 is 0 Å². The fourth-order valence-corrected chi connectivity index (χ4v) is 2.88. The number of aromatic nitrogens is 1. The quantitative estimate of drug-likeness (QED) is 0.794. The van der Waals surface area contributed by atoms with Gasteiger partial charge in [-0.2, -0.15) is 5.26 Å². The molecule has 0 aliphatic carbocycles. The average Bonchev–Trinajstić information content (AvgIpc) is 2.97. The number of piperazine rings is 1. The lowest BCUT2D eigenvalue weighted by atomic mass is 10.2. The lowest BCUT2D eigenvalue weighted by Gasteiger charge is -2.30. The zero-order valence-corrected chi connectivity index (χ0v) is 13.7. The molecule has 2 aromatic rings. The number of nitrogens with zero attached hydrogens (tertiary/aromatic N) is 3. The van der Waals surface area contributed by atoms with Crippen molar-refractivity contribution >= 4 is 23.3 Å². The van der Waals surface area contributed by atoms with E-state index in [2.05, 4.69) is 5.32 Å². The number of methoxy groups -OCH3 is 1. The fraction of sp³-hybridized carbons (Fsp3) is 0.235. The average molecular weight is 339 g/mol.